The highest BCUT2D eigenvalue weighted by atomic mass is 79.9. The third kappa shape index (κ3) is 4.29. The van der Waals surface area contributed by atoms with Gasteiger partial charge in [0.1, 0.15) is 11.6 Å². The molecule has 21 heavy (non-hydrogen) atoms. The van der Waals surface area contributed by atoms with Gasteiger partial charge in [-0.3, -0.25) is 0 Å². The molecule has 2 rings (SSSR count). The minimum Gasteiger partial charge on any atom is -0.497 e. The van der Waals surface area contributed by atoms with Crippen LogP contribution in [0.15, 0.2) is 46.9 Å². The second-order valence-electron chi connectivity index (χ2n) is 4.83. The largest absolute Gasteiger partial charge is 0.497 e. The number of hydrogen-bond donors (Lipinski definition) is 1. The monoisotopic (exact) mass is 351 g/mol. The Hall–Kier alpha value is -1.39. The van der Waals surface area contributed by atoms with Crippen LogP contribution < -0.4 is 10.1 Å². The molecule has 0 radical (unpaired) electrons. The Bertz CT molecular complexity index is 603. The van der Waals surface area contributed by atoms with Gasteiger partial charge in [0.05, 0.1) is 7.11 Å². The van der Waals surface area contributed by atoms with Crippen LogP contribution in [-0.2, 0) is 6.42 Å². The molecule has 0 aliphatic rings. The number of hydrogen-bond acceptors (Lipinski definition) is 2. The minimum atomic E-state index is -0.221. The van der Waals surface area contributed by atoms with Crippen LogP contribution in [0.5, 0.6) is 5.75 Å². The van der Waals surface area contributed by atoms with Gasteiger partial charge in [0.25, 0.3) is 0 Å². The van der Waals surface area contributed by atoms with E-state index in [9.17, 15) is 4.39 Å². The number of likely N-dealkylation sites (N-methyl/N-ethyl adjacent to an activating group) is 1. The number of benzene rings is 2. The average molecular weight is 352 g/mol. The van der Waals surface area contributed by atoms with Gasteiger partial charge in [-0.15, -0.1) is 0 Å². The van der Waals surface area contributed by atoms with E-state index < -0.39 is 0 Å². The zero-order chi connectivity index (χ0) is 15.2. The van der Waals surface area contributed by atoms with Crippen LogP contribution >= 0.6 is 15.9 Å². The molecule has 0 saturated carbocycles. The zero-order valence-electron chi connectivity index (χ0n) is 12.2. The van der Waals surface area contributed by atoms with Gasteiger partial charge >= 0.3 is 0 Å². The second-order valence-corrected chi connectivity index (χ2v) is 5.69. The van der Waals surface area contributed by atoms with Crippen molar-refractivity contribution in [3.8, 4) is 5.75 Å². The number of ether oxygens (including phenoxy) is 1. The lowest BCUT2D eigenvalue weighted by Gasteiger charge is -2.20. The van der Waals surface area contributed by atoms with E-state index in [-0.39, 0.29) is 11.9 Å². The molecular weight excluding hydrogens is 333 g/mol. The van der Waals surface area contributed by atoms with Gasteiger partial charge in [-0.2, -0.15) is 0 Å². The molecule has 1 N–H and O–H groups in total. The molecule has 0 spiro atoms. The summed E-state index contributed by atoms with van der Waals surface area (Å²) < 4.78 is 19.7. The molecule has 2 aromatic rings. The summed E-state index contributed by atoms with van der Waals surface area (Å²) >= 11 is 3.51. The van der Waals surface area contributed by atoms with E-state index in [1.54, 1.807) is 19.2 Å². The molecule has 1 atom stereocenters. The Morgan fingerprint density at radius 2 is 2.05 bits per heavy atom. The maximum absolute atomic E-state index is 13.5. The van der Waals surface area contributed by atoms with Gasteiger partial charge in [0.2, 0.25) is 0 Å². The Morgan fingerprint density at radius 3 is 2.76 bits per heavy atom. The third-order valence-corrected chi connectivity index (χ3v) is 4.08. The van der Waals surface area contributed by atoms with E-state index in [4.69, 9.17) is 4.74 Å². The summed E-state index contributed by atoms with van der Waals surface area (Å²) in [6.45, 7) is 2.86. The molecule has 4 heteroatoms. The van der Waals surface area contributed by atoms with Crippen LogP contribution in [0.1, 0.15) is 24.1 Å². The summed E-state index contributed by atoms with van der Waals surface area (Å²) in [5, 5.41) is 3.42. The normalized spacial score (nSPS) is 12.2. The van der Waals surface area contributed by atoms with E-state index in [1.807, 2.05) is 25.1 Å². The molecule has 0 aliphatic carbocycles. The van der Waals surface area contributed by atoms with E-state index >= 15 is 0 Å². The Morgan fingerprint density at radius 1 is 1.24 bits per heavy atom. The van der Waals surface area contributed by atoms with Crippen molar-refractivity contribution in [2.75, 3.05) is 13.7 Å². The number of rotatable bonds is 6. The first-order chi connectivity index (χ1) is 10.1. The van der Waals surface area contributed by atoms with Crippen molar-refractivity contribution in [2.24, 2.45) is 0 Å². The Balaban J connectivity index is 2.28. The highest BCUT2D eigenvalue weighted by Gasteiger charge is 2.15. The van der Waals surface area contributed by atoms with Gasteiger partial charge in [0, 0.05) is 10.5 Å². The predicted molar refractivity (Wildman–Crippen MR) is 87.2 cm³/mol. The highest BCUT2D eigenvalue weighted by molar-refractivity contribution is 9.10. The number of halogens is 2. The van der Waals surface area contributed by atoms with Crippen LogP contribution in [0.2, 0.25) is 0 Å². The lowest BCUT2D eigenvalue weighted by Crippen LogP contribution is -2.23. The topological polar surface area (TPSA) is 21.3 Å². The van der Waals surface area contributed by atoms with Gasteiger partial charge < -0.3 is 10.1 Å². The molecule has 2 aromatic carbocycles. The molecule has 0 amide bonds. The SMILES string of the molecule is CCNC(Cc1cccc(OC)c1)c1cc(F)ccc1Br. The number of nitrogens with one attached hydrogen (secondary N) is 1. The van der Waals surface area contributed by atoms with Gasteiger partial charge in [-0.05, 0) is 54.4 Å². The van der Waals surface area contributed by atoms with E-state index in [0.717, 1.165) is 34.3 Å². The standard InChI is InChI=1S/C17H19BrFNO/c1-3-20-17(15-11-13(19)7-8-16(15)18)10-12-5-4-6-14(9-12)21-2/h4-9,11,17,20H,3,10H2,1-2H3. The van der Waals surface area contributed by atoms with Crippen LogP contribution in [0.3, 0.4) is 0 Å². The predicted octanol–water partition coefficient (Wildman–Crippen LogP) is 4.49. The van der Waals surface area contributed by atoms with E-state index in [1.165, 1.54) is 6.07 Å². The fourth-order valence-electron chi connectivity index (χ4n) is 2.36. The first-order valence-electron chi connectivity index (χ1n) is 6.95. The third-order valence-electron chi connectivity index (χ3n) is 3.36. The molecule has 0 heterocycles. The van der Waals surface area contributed by atoms with Gasteiger partial charge in [-0.25, -0.2) is 4.39 Å². The van der Waals surface area contributed by atoms with Crippen LogP contribution in [0, 0.1) is 5.82 Å². The zero-order valence-corrected chi connectivity index (χ0v) is 13.8. The molecule has 2 nitrogen and oxygen atoms in total. The molecule has 0 bridgehead atoms. The van der Waals surface area contributed by atoms with Gasteiger partial charge in [-0.1, -0.05) is 35.0 Å². The smallest absolute Gasteiger partial charge is 0.123 e. The summed E-state index contributed by atoms with van der Waals surface area (Å²) in [5.41, 5.74) is 2.08. The fourth-order valence-corrected chi connectivity index (χ4v) is 2.88. The van der Waals surface area contributed by atoms with Crippen molar-refractivity contribution in [1.82, 2.24) is 5.32 Å². The lowest BCUT2D eigenvalue weighted by molar-refractivity contribution is 0.414. The van der Waals surface area contributed by atoms with Crippen molar-refractivity contribution >= 4 is 15.9 Å². The molecular formula is C17H19BrFNO. The molecule has 1 unspecified atom stereocenters. The Kier molecular flexibility index (Phi) is 5.76. The minimum absolute atomic E-state index is 0.0483. The van der Waals surface area contributed by atoms with Crippen molar-refractivity contribution in [3.05, 3.63) is 63.9 Å². The van der Waals surface area contributed by atoms with Crippen molar-refractivity contribution in [1.29, 1.82) is 0 Å². The lowest BCUT2D eigenvalue weighted by atomic mass is 9.98. The fraction of sp³-hybridized carbons (Fsp3) is 0.294. The Labute approximate surface area is 133 Å². The van der Waals surface area contributed by atoms with Crippen molar-refractivity contribution in [2.45, 2.75) is 19.4 Å². The number of methoxy groups -OCH3 is 1. The quantitative estimate of drug-likeness (QED) is 0.827. The van der Waals surface area contributed by atoms with Gasteiger partial charge in [0.15, 0.2) is 0 Å². The first-order valence-corrected chi connectivity index (χ1v) is 7.74. The molecule has 0 fully saturated rings. The summed E-state index contributed by atoms with van der Waals surface area (Å²) in [4.78, 5) is 0. The van der Waals surface area contributed by atoms with E-state index in [0.29, 0.717) is 0 Å². The molecule has 0 saturated heterocycles. The summed E-state index contributed by atoms with van der Waals surface area (Å²) in [7, 11) is 1.66. The van der Waals surface area contributed by atoms with Crippen LogP contribution in [0.4, 0.5) is 4.39 Å². The summed E-state index contributed by atoms with van der Waals surface area (Å²) in [6, 6.07) is 12.8. The van der Waals surface area contributed by atoms with Crippen molar-refractivity contribution in [3.63, 3.8) is 0 Å². The summed E-state index contributed by atoms with van der Waals surface area (Å²) in [5.74, 6) is 0.614. The maximum atomic E-state index is 13.5. The van der Waals surface area contributed by atoms with Crippen molar-refractivity contribution < 1.29 is 9.13 Å². The average Bonchev–Trinajstić information content (AvgIpc) is 2.49. The van der Waals surface area contributed by atoms with Crippen LogP contribution in [0.25, 0.3) is 0 Å². The highest BCUT2D eigenvalue weighted by Crippen LogP contribution is 2.28. The molecule has 0 aromatic heterocycles. The molecule has 0 aliphatic heterocycles. The second kappa shape index (κ2) is 7.57. The first kappa shape index (κ1) is 16.0. The summed E-state index contributed by atoms with van der Waals surface area (Å²) in [6.07, 6.45) is 0.771. The maximum Gasteiger partial charge on any atom is 0.123 e. The van der Waals surface area contributed by atoms with Crippen LogP contribution in [-0.4, -0.2) is 13.7 Å². The molecule has 112 valence electrons. The van der Waals surface area contributed by atoms with E-state index in [2.05, 4.69) is 27.3 Å².